The van der Waals surface area contributed by atoms with Gasteiger partial charge < -0.3 is 14.5 Å². The van der Waals surface area contributed by atoms with E-state index in [0.717, 1.165) is 12.3 Å². The normalized spacial score (nSPS) is 11.9. The molecule has 0 aliphatic carbocycles. The maximum Gasteiger partial charge on any atom is 0.247 e. The molecule has 0 spiro atoms. The molecule has 0 saturated carbocycles. The fourth-order valence-corrected chi connectivity index (χ4v) is 2.35. The summed E-state index contributed by atoms with van der Waals surface area (Å²) in [6, 6.07) is 2.38. The molecule has 0 saturated heterocycles. The lowest BCUT2D eigenvalue weighted by molar-refractivity contribution is -0.130. The van der Waals surface area contributed by atoms with Crippen LogP contribution in [0.1, 0.15) is 13.8 Å². The van der Waals surface area contributed by atoms with Gasteiger partial charge in [0.25, 0.3) is 0 Å². The van der Waals surface area contributed by atoms with Gasteiger partial charge in [0, 0.05) is 25.5 Å². The van der Waals surface area contributed by atoms with Gasteiger partial charge in [-0.3, -0.25) is 4.79 Å². The van der Waals surface area contributed by atoms with Crippen LogP contribution >= 0.6 is 0 Å². The van der Waals surface area contributed by atoms with E-state index in [2.05, 4.69) is 9.71 Å². The van der Waals surface area contributed by atoms with Crippen LogP contribution < -0.4 is 10.3 Å². The van der Waals surface area contributed by atoms with E-state index in [4.69, 9.17) is 9.47 Å². The van der Waals surface area contributed by atoms with Crippen LogP contribution in [0.25, 0.3) is 0 Å². The quantitative estimate of drug-likeness (QED) is 0.659. The third-order valence-electron chi connectivity index (χ3n) is 2.21. The molecule has 0 fully saturated rings. The van der Waals surface area contributed by atoms with E-state index < -0.39 is 16.3 Å². The average molecular weight is 290 g/mol. The van der Waals surface area contributed by atoms with E-state index >= 15 is 0 Å². The maximum atomic E-state index is 11.9. The monoisotopic (exact) mass is 290 g/mol. The number of aromatic amines is 1. The molecular weight excluding hydrogens is 272 g/mol. The van der Waals surface area contributed by atoms with Crippen molar-refractivity contribution in [1.29, 1.82) is 0 Å². The van der Waals surface area contributed by atoms with Gasteiger partial charge in [-0.1, -0.05) is 0 Å². The number of rotatable bonds is 8. The number of H-pyrrole nitrogens is 1. The van der Waals surface area contributed by atoms with Crippen LogP contribution in [0.5, 0.6) is 0 Å². The first-order valence-corrected chi connectivity index (χ1v) is 7.39. The molecule has 19 heavy (non-hydrogen) atoms. The lowest BCUT2D eigenvalue weighted by Crippen LogP contribution is -2.35. The number of sulfonamides is 1. The first kappa shape index (κ1) is 15.8. The van der Waals surface area contributed by atoms with Crippen LogP contribution in [0.3, 0.4) is 0 Å². The van der Waals surface area contributed by atoms with E-state index in [0.29, 0.717) is 13.2 Å². The first-order valence-electron chi connectivity index (χ1n) is 5.91. The molecule has 0 bridgehead atoms. The maximum absolute atomic E-state index is 11.9. The van der Waals surface area contributed by atoms with Crippen molar-refractivity contribution in [2.75, 3.05) is 19.8 Å². The molecule has 0 aliphatic rings. The smallest absolute Gasteiger partial charge is 0.247 e. The zero-order valence-electron chi connectivity index (χ0n) is 10.9. The molecule has 0 aromatic carbocycles. The Kier molecular flexibility index (Phi) is 6.16. The summed E-state index contributed by atoms with van der Waals surface area (Å²) < 4.78 is 36.6. The highest BCUT2D eigenvalue weighted by Gasteiger charge is 2.17. The molecule has 1 aromatic heterocycles. The highest BCUT2D eigenvalue weighted by molar-refractivity contribution is 7.89. The van der Waals surface area contributed by atoms with Gasteiger partial charge in [0.15, 0.2) is 6.29 Å². The van der Waals surface area contributed by atoms with Crippen LogP contribution in [0, 0.1) is 0 Å². The van der Waals surface area contributed by atoms with Gasteiger partial charge >= 0.3 is 0 Å². The van der Waals surface area contributed by atoms with E-state index in [1.807, 2.05) is 0 Å². The van der Waals surface area contributed by atoms with Gasteiger partial charge in [0.05, 0.1) is 11.4 Å². The minimum absolute atomic E-state index is 0.00311. The molecular formula is C11H18N2O5S. The second-order valence-corrected chi connectivity index (χ2v) is 5.35. The Hall–Kier alpha value is -1.22. The Labute approximate surface area is 112 Å². The fraction of sp³-hybridized carbons (Fsp3) is 0.545. The summed E-state index contributed by atoms with van der Waals surface area (Å²) >= 11 is 0. The Morgan fingerprint density at radius 3 is 2.37 bits per heavy atom. The Morgan fingerprint density at radius 2 is 1.89 bits per heavy atom. The summed E-state index contributed by atoms with van der Waals surface area (Å²) in [4.78, 5) is 13.2. The van der Waals surface area contributed by atoms with Crippen molar-refractivity contribution in [3.63, 3.8) is 0 Å². The highest BCUT2D eigenvalue weighted by Crippen LogP contribution is 2.04. The fourth-order valence-electron chi connectivity index (χ4n) is 1.36. The van der Waals surface area contributed by atoms with Gasteiger partial charge in [0.1, 0.15) is 0 Å². The summed E-state index contributed by atoms with van der Waals surface area (Å²) in [6.45, 7) is 4.43. The largest absolute Gasteiger partial charge is 0.352 e. The van der Waals surface area contributed by atoms with Crippen molar-refractivity contribution in [1.82, 2.24) is 9.71 Å². The van der Waals surface area contributed by atoms with Gasteiger partial charge in [0.2, 0.25) is 15.6 Å². The molecule has 0 unspecified atom stereocenters. The van der Waals surface area contributed by atoms with Crippen molar-refractivity contribution < 1.29 is 17.9 Å². The molecule has 7 nitrogen and oxygen atoms in total. The summed E-state index contributed by atoms with van der Waals surface area (Å²) in [7, 11) is -3.69. The van der Waals surface area contributed by atoms with Crippen molar-refractivity contribution in [2.24, 2.45) is 0 Å². The highest BCUT2D eigenvalue weighted by atomic mass is 32.2. The average Bonchev–Trinajstić information content (AvgIpc) is 2.37. The van der Waals surface area contributed by atoms with Crippen LogP contribution in [0.2, 0.25) is 0 Å². The van der Waals surface area contributed by atoms with Gasteiger partial charge in [-0.15, -0.1) is 0 Å². The van der Waals surface area contributed by atoms with E-state index in [-0.39, 0.29) is 17.0 Å². The number of hydrogen-bond acceptors (Lipinski definition) is 5. The van der Waals surface area contributed by atoms with E-state index in [1.165, 1.54) is 6.07 Å². The first-order chi connectivity index (χ1) is 8.99. The van der Waals surface area contributed by atoms with E-state index in [9.17, 15) is 13.2 Å². The van der Waals surface area contributed by atoms with Crippen LogP contribution in [-0.2, 0) is 19.5 Å². The number of aromatic nitrogens is 1. The molecule has 0 radical (unpaired) electrons. The van der Waals surface area contributed by atoms with Crippen molar-refractivity contribution in [3.05, 3.63) is 28.7 Å². The molecule has 0 atom stereocenters. The molecule has 108 valence electrons. The minimum atomic E-state index is -3.69. The molecule has 1 rings (SSSR count). The standard InChI is InChI=1S/C11H18N2O5S/c1-3-17-11(18-4-2)8-13-19(15,16)9-5-6-10(14)12-7-9/h5-7,11,13H,3-4,8H2,1-2H3,(H,12,14). The Balaban J connectivity index is 2.68. The second kappa shape index (κ2) is 7.39. The van der Waals surface area contributed by atoms with Crippen molar-refractivity contribution in [2.45, 2.75) is 25.0 Å². The van der Waals surface area contributed by atoms with Gasteiger partial charge in [-0.25, -0.2) is 13.1 Å². The van der Waals surface area contributed by atoms with Gasteiger partial charge in [-0.2, -0.15) is 0 Å². The molecule has 1 aromatic rings. The topological polar surface area (TPSA) is 97.5 Å². The van der Waals surface area contributed by atoms with Gasteiger partial charge in [-0.05, 0) is 19.9 Å². The SMILES string of the molecule is CCOC(CNS(=O)(=O)c1ccc(=O)[nH]c1)OCC. The van der Waals surface area contributed by atoms with Crippen LogP contribution in [-0.4, -0.2) is 39.5 Å². The predicted octanol–water partition coefficient (Wildman–Crippen LogP) is 0.0523. The van der Waals surface area contributed by atoms with Crippen molar-refractivity contribution >= 4 is 10.0 Å². The lowest BCUT2D eigenvalue weighted by atomic mass is 10.5. The van der Waals surface area contributed by atoms with E-state index in [1.54, 1.807) is 13.8 Å². The molecule has 8 heteroatoms. The number of hydrogen-bond donors (Lipinski definition) is 2. The molecule has 1 heterocycles. The van der Waals surface area contributed by atoms with Crippen LogP contribution in [0.15, 0.2) is 28.0 Å². The lowest BCUT2D eigenvalue weighted by Gasteiger charge is -2.17. The predicted molar refractivity (Wildman–Crippen MR) is 69.3 cm³/mol. The van der Waals surface area contributed by atoms with Crippen LogP contribution in [0.4, 0.5) is 0 Å². The Bertz CT molecular complexity index is 514. The number of ether oxygens (including phenoxy) is 2. The summed E-state index contributed by atoms with van der Waals surface area (Å²) in [6.07, 6.45) is 0.508. The summed E-state index contributed by atoms with van der Waals surface area (Å²) in [5.41, 5.74) is -0.361. The third-order valence-corrected chi connectivity index (χ3v) is 3.63. The third kappa shape index (κ3) is 5.11. The molecule has 0 aliphatic heterocycles. The number of pyridine rings is 1. The zero-order chi connectivity index (χ0) is 14.3. The number of nitrogens with one attached hydrogen (secondary N) is 2. The second-order valence-electron chi connectivity index (χ2n) is 3.58. The Morgan fingerprint density at radius 1 is 1.26 bits per heavy atom. The zero-order valence-corrected chi connectivity index (χ0v) is 11.7. The molecule has 0 amide bonds. The minimum Gasteiger partial charge on any atom is -0.352 e. The summed E-state index contributed by atoms with van der Waals surface area (Å²) in [5.74, 6) is 0. The van der Waals surface area contributed by atoms with Crippen molar-refractivity contribution in [3.8, 4) is 0 Å². The molecule has 2 N–H and O–H groups in total. The summed E-state index contributed by atoms with van der Waals surface area (Å²) in [5, 5.41) is 0.